The van der Waals surface area contributed by atoms with Crippen LogP contribution in [0.3, 0.4) is 0 Å². The SMILES string of the molecule is COc1ccc(C(CNC(=O)CCc2ccc(S(=O)(=O)NC3CC3)cc2)N(C)C)cc1. The quantitative estimate of drug-likeness (QED) is 0.555. The summed E-state index contributed by atoms with van der Waals surface area (Å²) in [5.41, 5.74) is 2.03. The first-order valence-electron chi connectivity index (χ1n) is 10.5. The summed E-state index contributed by atoms with van der Waals surface area (Å²) in [5.74, 6) is 0.764. The van der Waals surface area contributed by atoms with Gasteiger partial charge in [-0.15, -0.1) is 0 Å². The molecule has 1 aliphatic rings. The van der Waals surface area contributed by atoms with Crippen molar-refractivity contribution in [2.75, 3.05) is 27.7 Å². The van der Waals surface area contributed by atoms with Gasteiger partial charge in [-0.25, -0.2) is 13.1 Å². The number of aryl methyl sites for hydroxylation is 1. The number of sulfonamides is 1. The third kappa shape index (κ3) is 6.78. The van der Waals surface area contributed by atoms with Gasteiger partial charge in [0.15, 0.2) is 0 Å². The Balaban J connectivity index is 1.49. The van der Waals surface area contributed by atoms with Crippen molar-refractivity contribution in [3.8, 4) is 5.75 Å². The molecule has 0 aromatic heterocycles. The third-order valence-electron chi connectivity index (χ3n) is 5.39. The maximum absolute atomic E-state index is 12.4. The first kappa shape index (κ1) is 23.2. The van der Waals surface area contributed by atoms with E-state index in [1.807, 2.05) is 38.4 Å². The Labute approximate surface area is 184 Å². The molecule has 2 aromatic rings. The highest BCUT2D eigenvalue weighted by Crippen LogP contribution is 2.23. The van der Waals surface area contributed by atoms with Gasteiger partial charge in [0.05, 0.1) is 18.0 Å². The molecule has 168 valence electrons. The Bertz CT molecular complexity index is 969. The van der Waals surface area contributed by atoms with Crippen LogP contribution in [-0.2, 0) is 21.2 Å². The van der Waals surface area contributed by atoms with Gasteiger partial charge in [-0.1, -0.05) is 24.3 Å². The maximum atomic E-state index is 12.4. The van der Waals surface area contributed by atoms with Crippen LogP contribution in [0, 0.1) is 0 Å². The second kappa shape index (κ2) is 10.3. The minimum atomic E-state index is -3.44. The summed E-state index contributed by atoms with van der Waals surface area (Å²) in [4.78, 5) is 14.7. The van der Waals surface area contributed by atoms with Crippen LogP contribution in [0.25, 0.3) is 0 Å². The summed E-state index contributed by atoms with van der Waals surface area (Å²) in [6.45, 7) is 0.502. The van der Waals surface area contributed by atoms with Crippen molar-refractivity contribution in [2.45, 2.75) is 42.7 Å². The van der Waals surface area contributed by atoms with Crippen LogP contribution in [0.5, 0.6) is 5.75 Å². The number of nitrogens with one attached hydrogen (secondary N) is 2. The highest BCUT2D eigenvalue weighted by atomic mass is 32.2. The molecule has 2 N–H and O–H groups in total. The number of nitrogens with zero attached hydrogens (tertiary/aromatic N) is 1. The monoisotopic (exact) mass is 445 g/mol. The third-order valence-corrected chi connectivity index (χ3v) is 6.93. The predicted octanol–water partition coefficient (Wildman–Crippen LogP) is 2.49. The molecular weight excluding hydrogens is 414 g/mol. The van der Waals surface area contributed by atoms with Crippen molar-refractivity contribution >= 4 is 15.9 Å². The minimum absolute atomic E-state index is 0.0348. The van der Waals surface area contributed by atoms with Gasteiger partial charge < -0.3 is 15.0 Å². The van der Waals surface area contributed by atoms with Gasteiger partial charge in [-0.2, -0.15) is 0 Å². The summed E-state index contributed by atoms with van der Waals surface area (Å²) in [6, 6.07) is 14.7. The zero-order valence-corrected chi connectivity index (χ0v) is 19.1. The molecule has 31 heavy (non-hydrogen) atoms. The average Bonchev–Trinajstić information content (AvgIpc) is 3.56. The number of hydrogen-bond acceptors (Lipinski definition) is 5. The van der Waals surface area contributed by atoms with E-state index >= 15 is 0 Å². The van der Waals surface area contributed by atoms with E-state index in [9.17, 15) is 13.2 Å². The number of rotatable bonds is 11. The normalized spacial score (nSPS) is 15.0. The lowest BCUT2D eigenvalue weighted by Gasteiger charge is -2.25. The summed E-state index contributed by atoms with van der Waals surface area (Å²) in [6.07, 6.45) is 2.70. The van der Waals surface area contributed by atoms with E-state index in [0.29, 0.717) is 19.4 Å². The molecule has 0 bridgehead atoms. The van der Waals surface area contributed by atoms with Gasteiger partial charge in [0.1, 0.15) is 5.75 Å². The molecule has 1 fully saturated rings. The number of methoxy groups -OCH3 is 1. The fraction of sp³-hybridized carbons (Fsp3) is 0.435. The Kier molecular flexibility index (Phi) is 7.69. The molecule has 8 heteroatoms. The fourth-order valence-corrected chi connectivity index (χ4v) is 4.61. The second-order valence-electron chi connectivity index (χ2n) is 8.10. The lowest BCUT2D eigenvalue weighted by atomic mass is 10.1. The van der Waals surface area contributed by atoms with E-state index in [-0.39, 0.29) is 22.9 Å². The summed E-state index contributed by atoms with van der Waals surface area (Å²) < 4.78 is 32.3. The summed E-state index contributed by atoms with van der Waals surface area (Å²) in [5, 5.41) is 3.01. The lowest BCUT2D eigenvalue weighted by molar-refractivity contribution is -0.121. The smallest absolute Gasteiger partial charge is 0.240 e. The number of amides is 1. The largest absolute Gasteiger partial charge is 0.497 e. The molecule has 1 aliphatic carbocycles. The number of benzene rings is 2. The van der Waals surface area contributed by atoms with E-state index in [0.717, 1.165) is 29.7 Å². The number of ether oxygens (including phenoxy) is 1. The Hall–Kier alpha value is -2.42. The Morgan fingerprint density at radius 1 is 1.10 bits per heavy atom. The van der Waals surface area contributed by atoms with Crippen molar-refractivity contribution in [3.05, 3.63) is 59.7 Å². The molecule has 1 atom stereocenters. The van der Waals surface area contributed by atoms with Gasteiger partial charge in [-0.3, -0.25) is 4.79 Å². The predicted molar refractivity (Wildman–Crippen MR) is 121 cm³/mol. The van der Waals surface area contributed by atoms with Gasteiger partial charge >= 0.3 is 0 Å². The lowest BCUT2D eigenvalue weighted by Crippen LogP contribution is -2.34. The van der Waals surface area contributed by atoms with Crippen LogP contribution in [0.2, 0.25) is 0 Å². The molecule has 0 aliphatic heterocycles. The van der Waals surface area contributed by atoms with Crippen molar-refractivity contribution in [3.63, 3.8) is 0 Å². The van der Waals surface area contributed by atoms with Crippen LogP contribution in [0.15, 0.2) is 53.4 Å². The van der Waals surface area contributed by atoms with Gasteiger partial charge in [0, 0.05) is 19.0 Å². The molecule has 3 rings (SSSR count). The van der Waals surface area contributed by atoms with E-state index in [1.165, 1.54) is 0 Å². The number of hydrogen-bond donors (Lipinski definition) is 2. The summed E-state index contributed by atoms with van der Waals surface area (Å²) in [7, 11) is 2.15. The van der Waals surface area contributed by atoms with E-state index in [4.69, 9.17) is 4.74 Å². The number of carbonyl (C=O) groups is 1. The van der Waals surface area contributed by atoms with Crippen molar-refractivity contribution in [2.24, 2.45) is 0 Å². The van der Waals surface area contributed by atoms with Gasteiger partial charge in [-0.05, 0) is 68.8 Å². The molecule has 0 radical (unpaired) electrons. The Morgan fingerprint density at radius 2 is 1.74 bits per heavy atom. The highest BCUT2D eigenvalue weighted by molar-refractivity contribution is 7.89. The Morgan fingerprint density at radius 3 is 2.29 bits per heavy atom. The van der Waals surface area contributed by atoms with Crippen molar-refractivity contribution < 1.29 is 17.9 Å². The molecular formula is C23H31N3O4S. The van der Waals surface area contributed by atoms with Crippen LogP contribution >= 0.6 is 0 Å². The highest BCUT2D eigenvalue weighted by Gasteiger charge is 2.27. The second-order valence-corrected chi connectivity index (χ2v) is 9.81. The van der Waals surface area contributed by atoms with E-state index < -0.39 is 10.0 Å². The molecule has 1 amide bonds. The van der Waals surface area contributed by atoms with Gasteiger partial charge in [0.2, 0.25) is 15.9 Å². The summed E-state index contributed by atoms with van der Waals surface area (Å²) >= 11 is 0. The van der Waals surface area contributed by atoms with Crippen LogP contribution in [0.4, 0.5) is 0 Å². The molecule has 1 unspecified atom stereocenters. The van der Waals surface area contributed by atoms with Crippen LogP contribution in [-0.4, -0.2) is 53.0 Å². The van der Waals surface area contributed by atoms with E-state index in [1.54, 1.807) is 31.4 Å². The molecule has 0 heterocycles. The first-order chi connectivity index (χ1) is 14.8. The molecule has 0 saturated heterocycles. The van der Waals surface area contributed by atoms with Crippen molar-refractivity contribution in [1.82, 2.24) is 14.9 Å². The van der Waals surface area contributed by atoms with Crippen LogP contribution < -0.4 is 14.8 Å². The topological polar surface area (TPSA) is 87.7 Å². The fourth-order valence-electron chi connectivity index (χ4n) is 3.31. The number of likely N-dealkylation sites (N-methyl/N-ethyl adjacent to an activating group) is 1. The molecule has 7 nitrogen and oxygen atoms in total. The zero-order valence-electron chi connectivity index (χ0n) is 18.3. The molecule has 0 spiro atoms. The maximum Gasteiger partial charge on any atom is 0.240 e. The standard InChI is InChI=1S/C23H31N3O4S/c1-26(2)22(18-7-11-20(30-3)12-8-18)16-24-23(27)15-6-17-4-13-21(14-5-17)31(28,29)25-19-9-10-19/h4-5,7-8,11-14,19,22,25H,6,9-10,15-16H2,1-3H3,(H,24,27). The van der Waals surface area contributed by atoms with Gasteiger partial charge in [0.25, 0.3) is 0 Å². The van der Waals surface area contributed by atoms with E-state index in [2.05, 4.69) is 14.9 Å². The molecule has 1 saturated carbocycles. The molecule has 2 aromatic carbocycles. The zero-order chi connectivity index (χ0) is 22.4. The minimum Gasteiger partial charge on any atom is -0.497 e. The average molecular weight is 446 g/mol. The number of carbonyl (C=O) groups excluding carboxylic acids is 1. The van der Waals surface area contributed by atoms with Crippen molar-refractivity contribution in [1.29, 1.82) is 0 Å². The van der Waals surface area contributed by atoms with Crippen LogP contribution in [0.1, 0.15) is 36.4 Å². The first-order valence-corrected chi connectivity index (χ1v) is 11.9.